The van der Waals surface area contributed by atoms with E-state index in [9.17, 15) is 14.7 Å². The third-order valence-electron chi connectivity index (χ3n) is 5.92. The van der Waals surface area contributed by atoms with Crippen molar-refractivity contribution in [1.82, 2.24) is 4.90 Å². The van der Waals surface area contributed by atoms with Gasteiger partial charge in [-0.3, -0.25) is 9.79 Å². The standard InChI is InChI=1S/C25H30N4O4/c1-25(2,3)33-24(32)29-11-9-16(10-12-29)27-14-15(13-26)22(30)18-7-8-20-21-17(18)5-4-6-19(21)23(31)28-20/h4-8,13-14,16,22,30H,9-12,26H2,1-3H3,(H,28,31)/b15-13+,27-14?. The smallest absolute Gasteiger partial charge is 0.410 e. The number of carbonyl (C=O) groups excluding carboxylic acids is 2. The molecule has 1 unspecified atom stereocenters. The molecule has 33 heavy (non-hydrogen) atoms. The van der Waals surface area contributed by atoms with E-state index in [0.717, 1.165) is 16.5 Å². The molecule has 1 fully saturated rings. The Hall–Kier alpha value is -3.39. The molecule has 174 valence electrons. The van der Waals surface area contributed by atoms with Gasteiger partial charge in [-0.1, -0.05) is 18.2 Å². The summed E-state index contributed by atoms with van der Waals surface area (Å²) in [5.74, 6) is -0.142. The summed E-state index contributed by atoms with van der Waals surface area (Å²) in [4.78, 5) is 30.7. The highest BCUT2D eigenvalue weighted by Crippen LogP contribution is 2.38. The Bertz CT molecular complexity index is 1140. The fourth-order valence-electron chi connectivity index (χ4n) is 4.25. The van der Waals surface area contributed by atoms with Crippen LogP contribution < -0.4 is 11.1 Å². The highest BCUT2D eigenvalue weighted by molar-refractivity contribution is 6.24. The Morgan fingerprint density at radius 3 is 2.67 bits per heavy atom. The Morgan fingerprint density at radius 1 is 1.27 bits per heavy atom. The molecule has 8 nitrogen and oxygen atoms in total. The van der Waals surface area contributed by atoms with Crippen LogP contribution in [0.3, 0.4) is 0 Å². The summed E-state index contributed by atoms with van der Waals surface area (Å²) >= 11 is 0. The number of aliphatic imine (C=N–C) groups is 1. The van der Waals surface area contributed by atoms with Crippen LogP contribution in [-0.2, 0) is 4.74 Å². The van der Waals surface area contributed by atoms with E-state index in [1.807, 2.05) is 26.8 Å². The van der Waals surface area contributed by atoms with Gasteiger partial charge in [-0.05, 0) is 56.7 Å². The van der Waals surface area contributed by atoms with Crippen molar-refractivity contribution in [2.24, 2.45) is 10.7 Å². The molecule has 8 heteroatoms. The Morgan fingerprint density at radius 2 is 2.00 bits per heavy atom. The van der Waals surface area contributed by atoms with E-state index >= 15 is 0 Å². The average Bonchev–Trinajstić information content (AvgIpc) is 3.10. The number of hydrogen-bond acceptors (Lipinski definition) is 6. The number of nitrogens with zero attached hydrogens (tertiary/aromatic N) is 2. The van der Waals surface area contributed by atoms with Crippen LogP contribution in [0.15, 0.2) is 47.1 Å². The van der Waals surface area contributed by atoms with Crippen molar-refractivity contribution in [2.45, 2.75) is 51.4 Å². The second kappa shape index (κ2) is 8.86. The average molecular weight is 451 g/mol. The molecular formula is C25H30N4O4. The van der Waals surface area contributed by atoms with Crippen LogP contribution in [0.5, 0.6) is 0 Å². The predicted octanol–water partition coefficient (Wildman–Crippen LogP) is 3.75. The Balaban J connectivity index is 1.45. The lowest BCUT2D eigenvalue weighted by molar-refractivity contribution is 0.0207. The number of piperidine rings is 1. The van der Waals surface area contributed by atoms with Gasteiger partial charge in [0.25, 0.3) is 5.91 Å². The Kier molecular flexibility index (Phi) is 6.12. The molecule has 0 spiro atoms. The molecule has 0 aliphatic carbocycles. The lowest BCUT2D eigenvalue weighted by Gasteiger charge is -2.32. The number of nitrogens with one attached hydrogen (secondary N) is 1. The van der Waals surface area contributed by atoms with Crippen molar-refractivity contribution in [2.75, 3.05) is 18.4 Å². The number of ether oxygens (including phenoxy) is 1. The van der Waals surface area contributed by atoms with Gasteiger partial charge in [0.1, 0.15) is 11.7 Å². The molecule has 2 aliphatic rings. The molecule has 2 amide bonds. The van der Waals surface area contributed by atoms with Gasteiger partial charge >= 0.3 is 6.09 Å². The van der Waals surface area contributed by atoms with Gasteiger partial charge in [0.2, 0.25) is 0 Å². The van der Waals surface area contributed by atoms with E-state index in [1.54, 1.807) is 35.4 Å². The molecule has 1 atom stereocenters. The van der Waals surface area contributed by atoms with Gasteiger partial charge in [-0.25, -0.2) is 4.79 Å². The molecule has 2 aliphatic heterocycles. The zero-order valence-corrected chi connectivity index (χ0v) is 19.2. The van der Waals surface area contributed by atoms with Crippen LogP contribution in [0.2, 0.25) is 0 Å². The van der Waals surface area contributed by atoms with Crippen LogP contribution in [0.25, 0.3) is 10.8 Å². The molecule has 0 aromatic heterocycles. The minimum absolute atomic E-state index is 0.0282. The molecule has 2 aromatic rings. The lowest BCUT2D eigenvalue weighted by atomic mass is 9.94. The molecule has 0 radical (unpaired) electrons. The van der Waals surface area contributed by atoms with Crippen LogP contribution in [0.1, 0.15) is 55.6 Å². The fraction of sp³-hybridized carbons (Fsp3) is 0.400. The normalized spacial score (nSPS) is 18.1. The second-order valence-corrected chi connectivity index (χ2v) is 9.43. The number of benzene rings is 2. The molecule has 4 N–H and O–H groups in total. The summed E-state index contributed by atoms with van der Waals surface area (Å²) in [6.07, 6.45) is 3.10. The fourth-order valence-corrected chi connectivity index (χ4v) is 4.25. The van der Waals surface area contributed by atoms with Crippen LogP contribution in [0, 0.1) is 0 Å². The number of nitrogens with two attached hydrogens (primary N) is 1. The maximum atomic E-state index is 12.2. The van der Waals surface area contributed by atoms with Gasteiger partial charge in [-0.2, -0.15) is 0 Å². The van der Waals surface area contributed by atoms with E-state index in [1.165, 1.54) is 6.20 Å². The van der Waals surface area contributed by atoms with Crippen molar-refractivity contribution in [1.29, 1.82) is 0 Å². The number of anilines is 1. The van der Waals surface area contributed by atoms with Gasteiger partial charge in [-0.15, -0.1) is 0 Å². The molecule has 0 bridgehead atoms. The summed E-state index contributed by atoms with van der Waals surface area (Å²) in [6, 6.07) is 9.09. The monoisotopic (exact) mass is 450 g/mol. The predicted molar refractivity (Wildman–Crippen MR) is 128 cm³/mol. The third-order valence-corrected chi connectivity index (χ3v) is 5.92. The number of aliphatic hydroxyl groups is 1. The highest BCUT2D eigenvalue weighted by Gasteiger charge is 2.27. The molecule has 1 saturated heterocycles. The minimum Gasteiger partial charge on any atom is -0.444 e. The summed E-state index contributed by atoms with van der Waals surface area (Å²) in [6.45, 7) is 6.69. The van der Waals surface area contributed by atoms with Gasteiger partial charge in [0.05, 0.1) is 6.04 Å². The van der Waals surface area contributed by atoms with Crippen LogP contribution in [-0.4, -0.2) is 53.0 Å². The number of rotatable bonds is 4. The van der Waals surface area contributed by atoms with Crippen LogP contribution in [0.4, 0.5) is 10.5 Å². The minimum atomic E-state index is -0.986. The zero-order valence-electron chi connectivity index (χ0n) is 19.2. The summed E-state index contributed by atoms with van der Waals surface area (Å²) in [5.41, 5.74) is 7.79. The topological polar surface area (TPSA) is 117 Å². The number of carbonyl (C=O) groups is 2. The quantitative estimate of drug-likeness (QED) is 0.613. The second-order valence-electron chi connectivity index (χ2n) is 9.43. The summed E-state index contributed by atoms with van der Waals surface area (Å²) in [5, 5.41) is 15.5. The molecule has 4 rings (SSSR count). The van der Waals surface area contributed by atoms with Crippen molar-refractivity contribution in [3.05, 3.63) is 53.2 Å². The van der Waals surface area contributed by atoms with Crippen molar-refractivity contribution in [3.63, 3.8) is 0 Å². The van der Waals surface area contributed by atoms with Crippen molar-refractivity contribution in [3.8, 4) is 0 Å². The highest BCUT2D eigenvalue weighted by atomic mass is 16.6. The first-order chi connectivity index (χ1) is 15.7. The van der Waals surface area contributed by atoms with E-state index in [2.05, 4.69) is 10.3 Å². The third kappa shape index (κ3) is 4.71. The largest absolute Gasteiger partial charge is 0.444 e. The van der Waals surface area contributed by atoms with E-state index in [4.69, 9.17) is 10.5 Å². The SMILES string of the molecule is CC(C)(C)OC(=O)N1CCC(N=C/C(=C\N)C(O)c2ccc3c4c(cccc24)C(=O)N3)CC1. The molecule has 2 aromatic carbocycles. The maximum Gasteiger partial charge on any atom is 0.410 e. The van der Waals surface area contributed by atoms with E-state index in [0.29, 0.717) is 42.6 Å². The van der Waals surface area contributed by atoms with Gasteiger partial charge in [0, 0.05) is 47.7 Å². The molecule has 2 heterocycles. The first kappa shape index (κ1) is 22.8. The van der Waals surface area contributed by atoms with Gasteiger partial charge in [0.15, 0.2) is 0 Å². The summed E-state index contributed by atoms with van der Waals surface area (Å²) < 4.78 is 5.44. The maximum absolute atomic E-state index is 12.2. The number of amides is 2. The molecule has 0 saturated carbocycles. The first-order valence-electron chi connectivity index (χ1n) is 11.2. The number of likely N-dealkylation sites (tertiary alicyclic amines) is 1. The lowest BCUT2D eigenvalue weighted by Crippen LogP contribution is -2.42. The van der Waals surface area contributed by atoms with Crippen molar-refractivity contribution >= 4 is 34.7 Å². The first-order valence-corrected chi connectivity index (χ1v) is 11.2. The zero-order chi connectivity index (χ0) is 23.8. The number of hydrogen-bond donors (Lipinski definition) is 3. The Labute approximate surface area is 193 Å². The van der Waals surface area contributed by atoms with Gasteiger partial charge < -0.3 is 25.8 Å². The number of aliphatic hydroxyl groups excluding tert-OH is 1. The van der Waals surface area contributed by atoms with E-state index < -0.39 is 11.7 Å². The molecular weight excluding hydrogens is 420 g/mol. The van der Waals surface area contributed by atoms with Crippen molar-refractivity contribution < 1.29 is 19.4 Å². The summed E-state index contributed by atoms with van der Waals surface area (Å²) in [7, 11) is 0. The van der Waals surface area contributed by atoms with Crippen LogP contribution >= 0.6 is 0 Å². The van der Waals surface area contributed by atoms with E-state index in [-0.39, 0.29) is 18.0 Å².